The number of pyridine rings is 2. The van der Waals surface area contributed by atoms with Crippen LogP contribution in [0.2, 0.25) is 0 Å². The van der Waals surface area contributed by atoms with Crippen molar-refractivity contribution in [2.45, 2.75) is 26.0 Å². The molecule has 1 N–H and O–H groups in total. The summed E-state index contributed by atoms with van der Waals surface area (Å²) in [7, 11) is 0. The predicted molar refractivity (Wildman–Crippen MR) is 90.7 cm³/mol. The summed E-state index contributed by atoms with van der Waals surface area (Å²) in [4.78, 5) is 20.6. The molecule has 7 heteroatoms. The Morgan fingerprint density at radius 3 is 2.96 bits per heavy atom. The van der Waals surface area contributed by atoms with Gasteiger partial charge in [0.05, 0.1) is 19.8 Å². The van der Waals surface area contributed by atoms with Crippen LogP contribution in [0.3, 0.4) is 0 Å². The van der Waals surface area contributed by atoms with E-state index in [2.05, 4.69) is 15.3 Å². The van der Waals surface area contributed by atoms with Crippen LogP contribution in [0.15, 0.2) is 36.7 Å². The number of amides is 1. The molecule has 1 fully saturated rings. The summed E-state index contributed by atoms with van der Waals surface area (Å²) in [6.45, 7) is 4.11. The van der Waals surface area contributed by atoms with Gasteiger partial charge in [-0.25, -0.2) is 9.97 Å². The first-order valence-electron chi connectivity index (χ1n) is 8.31. The number of hydrogen-bond acceptors (Lipinski definition) is 6. The fourth-order valence-corrected chi connectivity index (χ4v) is 2.42. The van der Waals surface area contributed by atoms with Crippen LogP contribution in [0.5, 0.6) is 11.8 Å². The number of hydrogen-bond donors (Lipinski definition) is 1. The van der Waals surface area contributed by atoms with Gasteiger partial charge in [-0.1, -0.05) is 6.07 Å². The van der Waals surface area contributed by atoms with Crippen molar-refractivity contribution in [3.05, 3.63) is 47.8 Å². The molecule has 1 aliphatic rings. The number of nitrogens with zero attached hydrogens (tertiary/aromatic N) is 2. The third-order valence-electron chi connectivity index (χ3n) is 3.72. The van der Waals surface area contributed by atoms with E-state index in [4.69, 9.17) is 14.2 Å². The van der Waals surface area contributed by atoms with Crippen molar-refractivity contribution < 1.29 is 19.0 Å². The van der Waals surface area contributed by atoms with Crippen LogP contribution in [0.4, 0.5) is 0 Å². The predicted octanol–water partition coefficient (Wildman–Crippen LogP) is 1.97. The molecule has 2 aromatic rings. The lowest BCUT2D eigenvalue weighted by Gasteiger charge is -2.11. The first-order chi connectivity index (χ1) is 12.2. The average Bonchev–Trinajstić information content (AvgIpc) is 3.14. The van der Waals surface area contributed by atoms with Gasteiger partial charge in [-0.05, 0) is 18.6 Å². The number of nitrogens with one attached hydrogen (secondary N) is 1. The largest absolute Gasteiger partial charge is 0.478 e. The van der Waals surface area contributed by atoms with Crippen molar-refractivity contribution in [2.75, 3.05) is 19.8 Å². The molecular weight excluding hydrogens is 322 g/mol. The number of aromatic nitrogens is 2. The molecule has 132 valence electrons. The maximum atomic E-state index is 12.3. The Balaban J connectivity index is 1.55. The lowest BCUT2D eigenvalue weighted by atomic mass is 10.2. The quantitative estimate of drug-likeness (QED) is 0.828. The molecule has 2 aromatic heterocycles. The van der Waals surface area contributed by atoms with Crippen LogP contribution < -0.4 is 14.8 Å². The molecule has 1 amide bonds. The van der Waals surface area contributed by atoms with E-state index in [1.807, 2.05) is 13.0 Å². The Hall–Kier alpha value is -2.67. The van der Waals surface area contributed by atoms with Crippen molar-refractivity contribution >= 4 is 5.91 Å². The zero-order valence-corrected chi connectivity index (χ0v) is 14.1. The van der Waals surface area contributed by atoms with Gasteiger partial charge in [0.25, 0.3) is 5.91 Å². The van der Waals surface area contributed by atoms with Gasteiger partial charge in [0.15, 0.2) is 0 Å². The molecule has 1 aliphatic heterocycles. The normalized spacial score (nSPS) is 16.4. The molecule has 0 spiro atoms. The van der Waals surface area contributed by atoms with Gasteiger partial charge in [-0.3, -0.25) is 4.79 Å². The molecule has 1 saturated heterocycles. The fourth-order valence-electron chi connectivity index (χ4n) is 2.42. The standard InChI is InChI=1S/C18H21N3O4/c1-2-24-16-4-3-13(10-20-16)11-21-18(22)14-5-7-19-17(9-14)25-15-6-8-23-12-15/h3-5,7,9-10,15H,2,6,8,11-12H2,1H3,(H,21,22). The first kappa shape index (κ1) is 17.2. The summed E-state index contributed by atoms with van der Waals surface area (Å²) >= 11 is 0. The van der Waals surface area contributed by atoms with E-state index in [-0.39, 0.29) is 12.0 Å². The van der Waals surface area contributed by atoms with E-state index in [1.54, 1.807) is 30.6 Å². The van der Waals surface area contributed by atoms with Crippen LogP contribution in [-0.2, 0) is 11.3 Å². The number of ether oxygens (including phenoxy) is 3. The third-order valence-corrected chi connectivity index (χ3v) is 3.72. The van der Waals surface area contributed by atoms with Gasteiger partial charge >= 0.3 is 0 Å². The highest BCUT2D eigenvalue weighted by atomic mass is 16.5. The highest BCUT2D eigenvalue weighted by Crippen LogP contribution is 2.16. The lowest BCUT2D eigenvalue weighted by Crippen LogP contribution is -2.23. The molecule has 0 radical (unpaired) electrons. The monoisotopic (exact) mass is 343 g/mol. The van der Waals surface area contributed by atoms with Crippen LogP contribution in [0.1, 0.15) is 29.3 Å². The molecule has 0 aliphatic carbocycles. The smallest absolute Gasteiger partial charge is 0.251 e. The molecule has 3 rings (SSSR count). The topological polar surface area (TPSA) is 82.6 Å². The minimum Gasteiger partial charge on any atom is -0.478 e. The van der Waals surface area contributed by atoms with Crippen molar-refractivity contribution in [3.63, 3.8) is 0 Å². The zero-order chi connectivity index (χ0) is 17.5. The summed E-state index contributed by atoms with van der Waals surface area (Å²) in [5, 5.41) is 2.86. The second-order valence-corrected chi connectivity index (χ2v) is 5.61. The van der Waals surface area contributed by atoms with Gasteiger partial charge in [-0.15, -0.1) is 0 Å². The summed E-state index contributed by atoms with van der Waals surface area (Å²) in [6.07, 6.45) is 4.09. The van der Waals surface area contributed by atoms with Gasteiger partial charge < -0.3 is 19.5 Å². The molecule has 1 atom stereocenters. The summed E-state index contributed by atoms with van der Waals surface area (Å²) < 4.78 is 16.3. The van der Waals surface area contributed by atoms with Gasteiger partial charge in [0, 0.05) is 43.1 Å². The van der Waals surface area contributed by atoms with Crippen molar-refractivity contribution in [3.8, 4) is 11.8 Å². The third kappa shape index (κ3) is 4.90. The van der Waals surface area contributed by atoms with E-state index >= 15 is 0 Å². The molecule has 0 aromatic carbocycles. The minimum absolute atomic E-state index is 0.000685. The molecule has 0 bridgehead atoms. The summed E-state index contributed by atoms with van der Waals surface area (Å²) in [5.74, 6) is 0.819. The molecule has 25 heavy (non-hydrogen) atoms. The highest BCUT2D eigenvalue weighted by Gasteiger charge is 2.18. The Kier molecular flexibility index (Phi) is 5.79. The second kappa shape index (κ2) is 8.43. The average molecular weight is 343 g/mol. The summed E-state index contributed by atoms with van der Waals surface area (Å²) in [6, 6.07) is 6.96. The maximum Gasteiger partial charge on any atom is 0.251 e. The van der Waals surface area contributed by atoms with Crippen LogP contribution in [-0.4, -0.2) is 41.8 Å². The first-order valence-corrected chi connectivity index (χ1v) is 8.31. The van der Waals surface area contributed by atoms with Gasteiger partial charge in [0.1, 0.15) is 6.10 Å². The van der Waals surface area contributed by atoms with E-state index in [9.17, 15) is 4.79 Å². The van der Waals surface area contributed by atoms with E-state index in [1.165, 1.54) is 0 Å². The second-order valence-electron chi connectivity index (χ2n) is 5.61. The van der Waals surface area contributed by atoms with Gasteiger partial charge in [0.2, 0.25) is 11.8 Å². The number of carbonyl (C=O) groups excluding carboxylic acids is 1. The minimum atomic E-state index is -0.191. The number of rotatable bonds is 7. The van der Waals surface area contributed by atoms with E-state index in [0.29, 0.717) is 43.7 Å². The highest BCUT2D eigenvalue weighted by molar-refractivity contribution is 5.94. The lowest BCUT2D eigenvalue weighted by molar-refractivity contribution is 0.0949. The number of carbonyl (C=O) groups is 1. The molecular formula is C18H21N3O4. The van der Waals surface area contributed by atoms with Crippen LogP contribution in [0.25, 0.3) is 0 Å². The Labute approximate surface area is 146 Å². The zero-order valence-electron chi connectivity index (χ0n) is 14.1. The van der Waals surface area contributed by atoms with Crippen molar-refractivity contribution in [2.24, 2.45) is 0 Å². The van der Waals surface area contributed by atoms with Gasteiger partial charge in [-0.2, -0.15) is 0 Å². The van der Waals surface area contributed by atoms with Crippen LogP contribution in [0, 0.1) is 0 Å². The Morgan fingerprint density at radius 1 is 1.32 bits per heavy atom. The van der Waals surface area contributed by atoms with Crippen molar-refractivity contribution in [1.29, 1.82) is 0 Å². The maximum absolute atomic E-state index is 12.3. The molecule has 3 heterocycles. The molecule has 7 nitrogen and oxygen atoms in total. The SMILES string of the molecule is CCOc1ccc(CNC(=O)c2ccnc(OC3CCOC3)c2)cn1. The Morgan fingerprint density at radius 2 is 2.24 bits per heavy atom. The molecule has 0 saturated carbocycles. The Bertz CT molecular complexity index is 700. The summed E-state index contributed by atoms with van der Waals surface area (Å²) in [5.41, 5.74) is 1.40. The van der Waals surface area contributed by atoms with Crippen molar-refractivity contribution in [1.82, 2.24) is 15.3 Å². The fraction of sp³-hybridized carbons (Fsp3) is 0.389. The molecule has 1 unspecified atom stereocenters. The van der Waals surface area contributed by atoms with Crippen LogP contribution >= 0.6 is 0 Å². The van der Waals surface area contributed by atoms with E-state index < -0.39 is 0 Å². The van der Waals surface area contributed by atoms with E-state index in [0.717, 1.165) is 12.0 Å².